The van der Waals surface area contributed by atoms with Crippen LogP contribution in [0.2, 0.25) is 0 Å². The molecule has 0 unspecified atom stereocenters. The van der Waals surface area contributed by atoms with E-state index < -0.39 is 0 Å². The maximum atomic E-state index is 11.9. The van der Waals surface area contributed by atoms with Crippen molar-refractivity contribution in [2.75, 3.05) is 7.11 Å². The van der Waals surface area contributed by atoms with Crippen LogP contribution in [0.1, 0.15) is 30.1 Å². The summed E-state index contributed by atoms with van der Waals surface area (Å²) in [6, 6.07) is 7.01. The van der Waals surface area contributed by atoms with Crippen LogP contribution in [0.5, 0.6) is 5.75 Å². The lowest BCUT2D eigenvalue weighted by atomic mass is 10.2. The molecule has 1 atom stereocenters. The molecule has 0 saturated carbocycles. The Kier molecular flexibility index (Phi) is 5.27. The van der Waals surface area contributed by atoms with Crippen molar-refractivity contribution in [3.63, 3.8) is 0 Å². The Morgan fingerprint density at radius 2 is 2.18 bits per heavy atom. The topological polar surface area (TPSA) is 35.5 Å². The number of methoxy groups -OCH3 is 1. The summed E-state index contributed by atoms with van der Waals surface area (Å²) in [4.78, 5) is 11.9. The summed E-state index contributed by atoms with van der Waals surface area (Å²) >= 11 is 0. The molecule has 3 nitrogen and oxygen atoms in total. The number of rotatable bonds is 6. The van der Waals surface area contributed by atoms with Gasteiger partial charge in [-0.2, -0.15) is 0 Å². The van der Waals surface area contributed by atoms with E-state index in [0.717, 1.165) is 12.8 Å². The van der Waals surface area contributed by atoms with Crippen molar-refractivity contribution in [1.29, 1.82) is 0 Å². The summed E-state index contributed by atoms with van der Waals surface area (Å²) in [5, 5.41) is 0. The van der Waals surface area contributed by atoms with Crippen LogP contribution in [0.25, 0.3) is 0 Å². The predicted octanol–water partition coefficient (Wildman–Crippen LogP) is 3.21. The second-order valence-corrected chi connectivity index (χ2v) is 3.67. The van der Waals surface area contributed by atoms with Crippen LogP contribution >= 0.6 is 0 Å². The molecule has 3 heteroatoms. The zero-order chi connectivity index (χ0) is 12.7. The minimum Gasteiger partial charge on any atom is -0.496 e. The standard InChI is InChI=1S/C14H18O3/c1-4-8-11(5-2)17-14(15)12-9-6-7-10-13(12)16-3/h5-7,9-11H,2,4,8H2,1,3H3/t11-/m0/s1. The number of hydrogen-bond acceptors (Lipinski definition) is 3. The molecular formula is C14H18O3. The quantitative estimate of drug-likeness (QED) is 0.560. The molecular weight excluding hydrogens is 216 g/mol. The van der Waals surface area contributed by atoms with Gasteiger partial charge in [0.15, 0.2) is 0 Å². The van der Waals surface area contributed by atoms with Crippen LogP contribution in [0.4, 0.5) is 0 Å². The van der Waals surface area contributed by atoms with E-state index in [1.54, 1.807) is 24.3 Å². The van der Waals surface area contributed by atoms with Crippen LogP contribution in [0, 0.1) is 0 Å². The van der Waals surface area contributed by atoms with Crippen molar-refractivity contribution in [2.45, 2.75) is 25.9 Å². The molecule has 0 aliphatic rings. The van der Waals surface area contributed by atoms with Crippen molar-refractivity contribution in [3.05, 3.63) is 42.5 Å². The molecule has 1 aromatic carbocycles. The molecule has 92 valence electrons. The molecule has 0 spiro atoms. The lowest BCUT2D eigenvalue weighted by molar-refractivity contribution is 0.0376. The number of para-hydroxylation sites is 1. The maximum Gasteiger partial charge on any atom is 0.342 e. The van der Waals surface area contributed by atoms with Gasteiger partial charge < -0.3 is 9.47 Å². The van der Waals surface area contributed by atoms with Crippen LogP contribution < -0.4 is 4.74 Å². The monoisotopic (exact) mass is 234 g/mol. The van der Waals surface area contributed by atoms with Crippen molar-refractivity contribution in [3.8, 4) is 5.75 Å². The second-order valence-electron chi connectivity index (χ2n) is 3.67. The molecule has 0 fully saturated rings. The molecule has 0 N–H and O–H groups in total. The molecule has 1 aromatic rings. The molecule has 0 aliphatic carbocycles. The highest BCUT2D eigenvalue weighted by atomic mass is 16.5. The van der Waals surface area contributed by atoms with Gasteiger partial charge in [-0.3, -0.25) is 0 Å². The Morgan fingerprint density at radius 1 is 1.47 bits per heavy atom. The number of benzene rings is 1. The number of carbonyl (C=O) groups excluding carboxylic acids is 1. The van der Waals surface area contributed by atoms with Gasteiger partial charge >= 0.3 is 5.97 Å². The van der Waals surface area contributed by atoms with Gasteiger partial charge in [-0.1, -0.05) is 38.1 Å². The highest BCUT2D eigenvalue weighted by Gasteiger charge is 2.16. The predicted molar refractivity (Wildman–Crippen MR) is 67.3 cm³/mol. The summed E-state index contributed by atoms with van der Waals surface area (Å²) in [7, 11) is 1.53. The SMILES string of the molecule is C=C[C@@H](CCC)OC(=O)c1ccccc1OC. The average molecular weight is 234 g/mol. The van der Waals surface area contributed by atoms with Gasteiger partial charge in [-0.15, -0.1) is 0 Å². The average Bonchev–Trinajstić information content (AvgIpc) is 2.38. The molecule has 0 saturated heterocycles. The van der Waals surface area contributed by atoms with Gasteiger partial charge in [0, 0.05) is 0 Å². The van der Waals surface area contributed by atoms with Gasteiger partial charge in [-0.25, -0.2) is 4.79 Å². The van der Waals surface area contributed by atoms with Crippen molar-refractivity contribution >= 4 is 5.97 Å². The maximum absolute atomic E-state index is 11.9. The van der Waals surface area contributed by atoms with Crippen molar-refractivity contribution in [2.24, 2.45) is 0 Å². The first-order chi connectivity index (χ1) is 8.22. The fraction of sp³-hybridized carbons (Fsp3) is 0.357. The Bertz CT molecular complexity index is 385. The van der Waals surface area contributed by atoms with E-state index in [4.69, 9.17) is 9.47 Å². The molecule has 1 rings (SSSR count). The Balaban J connectivity index is 2.78. The van der Waals surface area contributed by atoms with Gasteiger partial charge in [0.2, 0.25) is 0 Å². The van der Waals surface area contributed by atoms with Crippen LogP contribution in [0.15, 0.2) is 36.9 Å². The minimum atomic E-state index is -0.374. The highest BCUT2D eigenvalue weighted by molar-refractivity contribution is 5.92. The van der Waals surface area contributed by atoms with Crippen LogP contribution in [-0.4, -0.2) is 19.2 Å². The molecule has 0 bridgehead atoms. The number of hydrogen-bond donors (Lipinski definition) is 0. The second kappa shape index (κ2) is 6.74. The molecule has 17 heavy (non-hydrogen) atoms. The third-order valence-corrected chi connectivity index (χ3v) is 2.42. The largest absolute Gasteiger partial charge is 0.496 e. The first-order valence-corrected chi connectivity index (χ1v) is 5.69. The molecule has 0 radical (unpaired) electrons. The summed E-state index contributed by atoms with van der Waals surface area (Å²) < 4.78 is 10.4. The molecule has 0 heterocycles. The smallest absolute Gasteiger partial charge is 0.342 e. The lowest BCUT2D eigenvalue weighted by Crippen LogP contribution is -2.16. The van der Waals surface area contributed by atoms with Gasteiger partial charge in [0.05, 0.1) is 7.11 Å². The highest BCUT2D eigenvalue weighted by Crippen LogP contribution is 2.19. The fourth-order valence-corrected chi connectivity index (χ4v) is 1.52. The number of carbonyl (C=O) groups is 1. The van der Waals surface area contributed by atoms with Crippen molar-refractivity contribution in [1.82, 2.24) is 0 Å². The first-order valence-electron chi connectivity index (χ1n) is 5.69. The van der Waals surface area contributed by atoms with E-state index in [1.165, 1.54) is 7.11 Å². The van der Waals surface area contributed by atoms with E-state index in [-0.39, 0.29) is 12.1 Å². The zero-order valence-electron chi connectivity index (χ0n) is 10.3. The zero-order valence-corrected chi connectivity index (χ0v) is 10.3. The molecule has 0 aromatic heterocycles. The lowest BCUT2D eigenvalue weighted by Gasteiger charge is -2.14. The van der Waals surface area contributed by atoms with Crippen molar-refractivity contribution < 1.29 is 14.3 Å². The normalized spacial score (nSPS) is 11.6. The van der Waals surface area contributed by atoms with Gasteiger partial charge in [0.1, 0.15) is 17.4 Å². The van der Waals surface area contributed by atoms with Gasteiger partial charge in [-0.05, 0) is 18.6 Å². The summed E-state index contributed by atoms with van der Waals surface area (Å²) in [5.74, 6) is 0.151. The Hall–Kier alpha value is -1.77. The summed E-state index contributed by atoms with van der Waals surface area (Å²) in [6.07, 6.45) is 3.13. The minimum absolute atomic E-state index is 0.239. The van der Waals surface area contributed by atoms with E-state index in [1.807, 2.05) is 13.0 Å². The number of esters is 1. The van der Waals surface area contributed by atoms with E-state index >= 15 is 0 Å². The Morgan fingerprint density at radius 3 is 2.76 bits per heavy atom. The summed E-state index contributed by atoms with van der Waals surface area (Å²) in [5.41, 5.74) is 0.443. The number of ether oxygens (including phenoxy) is 2. The van der Waals surface area contributed by atoms with E-state index in [2.05, 4.69) is 6.58 Å². The van der Waals surface area contributed by atoms with Gasteiger partial charge in [0.25, 0.3) is 0 Å². The van der Waals surface area contributed by atoms with Crippen LogP contribution in [0.3, 0.4) is 0 Å². The first kappa shape index (κ1) is 13.3. The molecule has 0 aliphatic heterocycles. The van der Waals surface area contributed by atoms with E-state index in [9.17, 15) is 4.79 Å². The van der Waals surface area contributed by atoms with E-state index in [0.29, 0.717) is 11.3 Å². The third-order valence-electron chi connectivity index (χ3n) is 2.42. The van der Waals surface area contributed by atoms with Crippen LogP contribution in [-0.2, 0) is 4.74 Å². The Labute approximate surface area is 102 Å². The summed E-state index contributed by atoms with van der Waals surface area (Å²) in [6.45, 7) is 5.70. The fourth-order valence-electron chi connectivity index (χ4n) is 1.52. The molecule has 0 amide bonds. The third kappa shape index (κ3) is 3.63.